The molecule has 16 heavy (non-hydrogen) atoms. The van der Waals surface area contributed by atoms with Crippen LogP contribution in [0.15, 0.2) is 18.2 Å². The number of hydrogen-bond acceptors (Lipinski definition) is 2. The van der Waals surface area contributed by atoms with Crippen molar-refractivity contribution in [3.05, 3.63) is 29.3 Å². The van der Waals surface area contributed by atoms with Gasteiger partial charge in [0.2, 0.25) is 0 Å². The Kier molecular flexibility index (Phi) is 4.74. The van der Waals surface area contributed by atoms with Gasteiger partial charge in [-0.1, -0.05) is 44.3 Å². The van der Waals surface area contributed by atoms with Crippen molar-refractivity contribution in [1.29, 1.82) is 0 Å². The van der Waals surface area contributed by atoms with Gasteiger partial charge < -0.3 is 11.1 Å². The summed E-state index contributed by atoms with van der Waals surface area (Å²) in [4.78, 5) is 0.562. The Hall–Kier alpha value is -1.09. The van der Waals surface area contributed by atoms with Crippen LogP contribution in [0.2, 0.25) is 0 Å². The van der Waals surface area contributed by atoms with E-state index in [1.807, 2.05) is 0 Å². The maximum absolute atomic E-state index is 5.48. The highest BCUT2D eigenvalue weighted by molar-refractivity contribution is 7.80. The van der Waals surface area contributed by atoms with Crippen molar-refractivity contribution in [1.82, 2.24) is 0 Å². The number of benzene rings is 1. The van der Waals surface area contributed by atoms with E-state index >= 15 is 0 Å². The lowest BCUT2D eigenvalue weighted by molar-refractivity contribution is 0.863. The van der Waals surface area contributed by atoms with Crippen molar-refractivity contribution in [2.24, 2.45) is 5.73 Å². The predicted octanol–water partition coefficient (Wildman–Crippen LogP) is 3.21. The first kappa shape index (κ1) is 13.0. The fourth-order valence-corrected chi connectivity index (χ4v) is 1.83. The second-order valence-corrected chi connectivity index (χ2v) is 4.86. The minimum absolute atomic E-state index is 0.521. The zero-order valence-electron chi connectivity index (χ0n) is 10.2. The van der Waals surface area contributed by atoms with Crippen LogP contribution < -0.4 is 11.1 Å². The Labute approximate surface area is 103 Å². The van der Waals surface area contributed by atoms with Crippen molar-refractivity contribution in [2.75, 3.05) is 11.9 Å². The van der Waals surface area contributed by atoms with E-state index in [1.54, 1.807) is 0 Å². The highest BCUT2D eigenvalue weighted by Gasteiger charge is 2.08. The molecule has 88 valence electrons. The normalized spacial score (nSPS) is 10.5. The average molecular weight is 236 g/mol. The minimum atomic E-state index is 0.521. The molecule has 0 atom stereocenters. The van der Waals surface area contributed by atoms with Gasteiger partial charge in [0.25, 0.3) is 0 Å². The topological polar surface area (TPSA) is 38.0 Å². The van der Waals surface area contributed by atoms with Crippen molar-refractivity contribution in [3.8, 4) is 0 Å². The van der Waals surface area contributed by atoms with E-state index in [-0.39, 0.29) is 0 Å². The van der Waals surface area contributed by atoms with Crippen LogP contribution in [0.3, 0.4) is 0 Å². The smallest absolute Gasteiger partial charge is 0.0745 e. The monoisotopic (exact) mass is 236 g/mol. The summed E-state index contributed by atoms with van der Waals surface area (Å²) in [7, 11) is 0. The second kappa shape index (κ2) is 5.85. The lowest BCUT2D eigenvalue weighted by Crippen LogP contribution is -2.15. The maximum atomic E-state index is 5.48. The van der Waals surface area contributed by atoms with E-state index in [0.717, 1.165) is 13.0 Å². The molecular formula is C13H20N2S. The molecule has 0 saturated carbocycles. The molecule has 1 rings (SSSR count). The van der Waals surface area contributed by atoms with Gasteiger partial charge in [0.15, 0.2) is 0 Å². The van der Waals surface area contributed by atoms with Gasteiger partial charge in [-0.2, -0.15) is 0 Å². The van der Waals surface area contributed by atoms with Crippen LogP contribution in [0.4, 0.5) is 5.69 Å². The fraction of sp³-hybridized carbons (Fsp3) is 0.462. The number of nitrogens with two attached hydrogens (primary N) is 1. The molecule has 0 fully saturated rings. The van der Waals surface area contributed by atoms with E-state index in [1.165, 1.54) is 16.8 Å². The third-order valence-electron chi connectivity index (χ3n) is 2.60. The summed E-state index contributed by atoms with van der Waals surface area (Å²) in [5.41, 5.74) is 9.34. The Morgan fingerprint density at radius 1 is 1.44 bits per heavy atom. The standard InChI is InChI=1S/C13H20N2S/c1-9(2)11-6-4-5-10(3)13(11)15-8-7-12(14)16/h4-6,9,15H,7-8H2,1-3H3,(H2,14,16). The van der Waals surface area contributed by atoms with Crippen LogP contribution in [0.1, 0.15) is 37.3 Å². The molecule has 1 aromatic carbocycles. The molecule has 0 spiro atoms. The first-order chi connectivity index (χ1) is 7.52. The van der Waals surface area contributed by atoms with Crippen LogP contribution in [-0.2, 0) is 0 Å². The molecule has 0 aliphatic carbocycles. The van der Waals surface area contributed by atoms with E-state index < -0.39 is 0 Å². The summed E-state index contributed by atoms with van der Waals surface area (Å²) in [6.45, 7) is 7.33. The predicted molar refractivity (Wildman–Crippen MR) is 75.2 cm³/mol. The van der Waals surface area contributed by atoms with Crippen LogP contribution in [0, 0.1) is 6.92 Å². The molecule has 3 heteroatoms. The first-order valence-electron chi connectivity index (χ1n) is 5.64. The SMILES string of the molecule is Cc1cccc(C(C)C)c1NCCC(N)=S. The molecule has 3 N–H and O–H groups in total. The quantitative estimate of drug-likeness (QED) is 0.771. The van der Waals surface area contributed by atoms with Gasteiger partial charge in [-0.3, -0.25) is 0 Å². The van der Waals surface area contributed by atoms with Gasteiger partial charge >= 0.3 is 0 Å². The van der Waals surface area contributed by atoms with E-state index in [9.17, 15) is 0 Å². The van der Waals surface area contributed by atoms with Gasteiger partial charge in [-0.05, 0) is 24.0 Å². The molecule has 0 aliphatic rings. The van der Waals surface area contributed by atoms with Gasteiger partial charge in [-0.15, -0.1) is 0 Å². The molecule has 0 amide bonds. The molecule has 0 radical (unpaired) electrons. The molecule has 0 bridgehead atoms. The summed E-state index contributed by atoms with van der Waals surface area (Å²) in [5, 5.41) is 3.43. The molecular weight excluding hydrogens is 216 g/mol. The number of nitrogens with one attached hydrogen (secondary N) is 1. The number of rotatable bonds is 5. The summed E-state index contributed by atoms with van der Waals surface area (Å²) in [6.07, 6.45) is 0.737. The number of para-hydroxylation sites is 1. The average Bonchev–Trinajstić information content (AvgIpc) is 2.19. The van der Waals surface area contributed by atoms with Crippen LogP contribution in [0.25, 0.3) is 0 Å². The van der Waals surface area contributed by atoms with Gasteiger partial charge in [0, 0.05) is 18.7 Å². The van der Waals surface area contributed by atoms with Gasteiger partial charge in [0.05, 0.1) is 4.99 Å². The highest BCUT2D eigenvalue weighted by Crippen LogP contribution is 2.27. The van der Waals surface area contributed by atoms with Gasteiger partial charge in [-0.25, -0.2) is 0 Å². The maximum Gasteiger partial charge on any atom is 0.0745 e. The number of aryl methyl sites for hydroxylation is 1. The third kappa shape index (κ3) is 3.49. The Bertz CT molecular complexity index is 372. The summed E-state index contributed by atoms with van der Waals surface area (Å²) in [6, 6.07) is 6.39. The van der Waals surface area contributed by atoms with E-state index in [2.05, 4.69) is 44.3 Å². The molecule has 0 heterocycles. The lowest BCUT2D eigenvalue weighted by atomic mass is 9.98. The zero-order valence-corrected chi connectivity index (χ0v) is 11.0. The van der Waals surface area contributed by atoms with E-state index in [4.69, 9.17) is 18.0 Å². The summed E-state index contributed by atoms with van der Waals surface area (Å²) in [5.74, 6) is 0.521. The van der Waals surface area contributed by atoms with Gasteiger partial charge in [0.1, 0.15) is 0 Å². The van der Waals surface area contributed by atoms with Crippen LogP contribution >= 0.6 is 12.2 Å². The second-order valence-electron chi connectivity index (χ2n) is 4.34. The van der Waals surface area contributed by atoms with Crippen LogP contribution in [0.5, 0.6) is 0 Å². The molecule has 0 saturated heterocycles. The van der Waals surface area contributed by atoms with Crippen molar-refractivity contribution < 1.29 is 0 Å². The number of thiocarbonyl (C=S) groups is 1. The molecule has 0 unspecified atom stereocenters. The first-order valence-corrected chi connectivity index (χ1v) is 6.05. The minimum Gasteiger partial charge on any atom is -0.393 e. The lowest BCUT2D eigenvalue weighted by Gasteiger charge is -2.17. The summed E-state index contributed by atoms with van der Waals surface area (Å²) >= 11 is 4.87. The fourth-order valence-electron chi connectivity index (χ4n) is 1.72. The van der Waals surface area contributed by atoms with Crippen molar-refractivity contribution >= 4 is 22.9 Å². The third-order valence-corrected chi connectivity index (χ3v) is 2.80. The Morgan fingerprint density at radius 3 is 2.69 bits per heavy atom. The number of hydrogen-bond donors (Lipinski definition) is 2. The molecule has 0 aromatic heterocycles. The van der Waals surface area contributed by atoms with E-state index in [0.29, 0.717) is 10.9 Å². The van der Waals surface area contributed by atoms with Crippen molar-refractivity contribution in [2.45, 2.75) is 33.1 Å². The largest absolute Gasteiger partial charge is 0.393 e. The molecule has 0 aliphatic heterocycles. The molecule has 1 aromatic rings. The number of anilines is 1. The molecule has 2 nitrogen and oxygen atoms in total. The van der Waals surface area contributed by atoms with Crippen molar-refractivity contribution in [3.63, 3.8) is 0 Å². The Morgan fingerprint density at radius 2 is 2.12 bits per heavy atom. The highest BCUT2D eigenvalue weighted by atomic mass is 32.1. The zero-order chi connectivity index (χ0) is 12.1. The Balaban J connectivity index is 2.80. The van der Waals surface area contributed by atoms with Crippen LogP contribution in [-0.4, -0.2) is 11.5 Å². The summed E-state index contributed by atoms with van der Waals surface area (Å²) < 4.78 is 0.